The molecule has 0 saturated carbocycles. The van der Waals surface area contributed by atoms with Gasteiger partial charge in [-0.1, -0.05) is 49.2 Å². The highest BCUT2D eigenvalue weighted by atomic mass is 16.5. The van der Waals surface area contributed by atoms with Gasteiger partial charge in [-0.15, -0.1) is 0 Å². The molecule has 0 radical (unpaired) electrons. The molecule has 0 fully saturated rings. The molecule has 0 aliphatic carbocycles. The number of carbonyl (C=O) groups excluding carboxylic acids is 1. The maximum Gasteiger partial charge on any atom is 0.234 e. The third kappa shape index (κ3) is 7.20. The molecule has 1 amide bonds. The standard InChI is InChI=1S/C28H33N3O4/c1-33-24-13-5-4-11-22(24)19-30-27(32)21-31-17-8-2-3-9-18-34-25-14-6-7-15-26(25)35-28-23(20-31)12-10-16-29-28/h4-7,10-16H,2-3,8-9,17-21H2,1H3,(H,30,32). The van der Waals surface area contributed by atoms with Crippen LogP contribution < -0.4 is 19.5 Å². The minimum atomic E-state index is -0.0258. The van der Waals surface area contributed by atoms with Gasteiger partial charge in [-0.05, 0) is 43.7 Å². The van der Waals surface area contributed by atoms with E-state index < -0.39 is 0 Å². The number of hydrogen-bond donors (Lipinski definition) is 1. The van der Waals surface area contributed by atoms with Crippen LogP contribution in [-0.2, 0) is 17.9 Å². The molecule has 184 valence electrons. The van der Waals surface area contributed by atoms with Crippen LogP contribution in [0, 0.1) is 0 Å². The van der Waals surface area contributed by atoms with Crippen LogP contribution in [-0.4, -0.2) is 42.6 Å². The van der Waals surface area contributed by atoms with Crippen molar-refractivity contribution in [2.45, 2.75) is 38.8 Å². The van der Waals surface area contributed by atoms with E-state index in [9.17, 15) is 4.79 Å². The van der Waals surface area contributed by atoms with Gasteiger partial charge in [0.2, 0.25) is 11.8 Å². The van der Waals surface area contributed by atoms with Crippen LogP contribution in [0.15, 0.2) is 66.9 Å². The number of para-hydroxylation sites is 3. The Balaban J connectivity index is 1.47. The van der Waals surface area contributed by atoms with Gasteiger partial charge in [-0.2, -0.15) is 0 Å². The first-order valence-corrected chi connectivity index (χ1v) is 12.2. The summed E-state index contributed by atoms with van der Waals surface area (Å²) in [5.74, 6) is 2.63. The Bertz CT molecular complexity index is 1100. The van der Waals surface area contributed by atoms with Crippen LogP contribution in [0.3, 0.4) is 0 Å². The SMILES string of the molecule is COc1ccccc1CNC(=O)CN1CCCCCCOc2ccccc2Oc2ncccc2C1. The first-order chi connectivity index (χ1) is 17.2. The quantitative estimate of drug-likeness (QED) is 0.563. The van der Waals surface area contributed by atoms with Gasteiger partial charge in [-0.3, -0.25) is 9.69 Å². The Labute approximate surface area is 207 Å². The summed E-state index contributed by atoms with van der Waals surface area (Å²) in [5.41, 5.74) is 1.88. The average Bonchev–Trinajstić information content (AvgIpc) is 2.88. The van der Waals surface area contributed by atoms with Crippen molar-refractivity contribution in [1.29, 1.82) is 0 Å². The van der Waals surface area contributed by atoms with Gasteiger partial charge in [0, 0.05) is 30.4 Å². The third-order valence-corrected chi connectivity index (χ3v) is 5.96. The molecule has 7 heteroatoms. The lowest BCUT2D eigenvalue weighted by molar-refractivity contribution is -0.122. The molecule has 4 rings (SSSR count). The van der Waals surface area contributed by atoms with E-state index in [0.717, 1.165) is 49.1 Å². The molecule has 1 aliphatic rings. The number of ether oxygens (including phenoxy) is 3. The van der Waals surface area contributed by atoms with Crippen LogP contribution in [0.4, 0.5) is 0 Å². The summed E-state index contributed by atoms with van der Waals surface area (Å²) in [5, 5.41) is 3.04. The van der Waals surface area contributed by atoms with E-state index in [-0.39, 0.29) is 5.91 Å². The topological polar surface area (TPSA) is 72.9 Å². The van der Waals surface area contributed by atoms with Crippen molar-refractivity contribution in [2.75, 3.05) is 26.8 Å². The van der Waals surface area contributed by atoms with Crippen molar-refractivity contribution in [3.8, 4) is 23.1 Å². The van der Waals surface area contributed by atoms with E-state index in [2.05, 4.69) is 15.2 Å². The van der Waals surface area contributed by atoms with Gasteiger partial charge < -0.3 is 19.5 Å². The molecule has 1 N–H and O–H groups in total. The lowest BCUT2D eigenvalue weighted by atomic mass is 10.1. The van der Waals surface area contributed by atoms with Gasteiger partial charge in [0.25, 0.3) is 0 Å². The maximum atomic E-state index is 12.9. The minimum absolute atomic E-state index is 0.0258. The van der Waals surface area contributed by atoms with Crippen LogP contribution in [0.2, 0.25) is 0 Å². The van der Waals surface area contributed by atoms with Crippen molar-refractivity contribution in [2.24, 2.45) is 0 Å². The Morgan fingerprint density at radius 1 is 1.00 bits per heavy atom. The van der Waals surface area contributed by atoms with Gasteiger partial charge in [-0.25, -0.2) is 4.98 Å². The molecule has 2 heterocycles. The number of pyridine rings is 1. The largest absolute Gasteiger partial charge is 0.496 e. The van der Waals surface area contributed by atoms with E-state index in [0.29, 0.717) is 43.6 Å². The Hall–Kier alpha value is -3.58. The Morgan fingerprint density at radius 2 is 1.80 bits per heavy atom. The van der Waals surface area contributed by atoms with Gasteiger partial charge in [0.1, 0.15) is 5.75 Å². The van der Waals surface area contributed by atoms with Crippen molar-refractivity contribution in [1.82, 2.24) is 15.2 Å². The number of amides is 1. The molecule has 0 unspecified atom stereocenters. The number of hydrogen-bond acceptors (Lipinski definition) is 6. The number of rotatable bonds is 5. The second-order valence-electron chi connectivity index (χ2n) is 8.58. The molecular weight excluding hydrogens is 442 g/mol. The van der Waals surface area contributed by atoms with Crippen LogP contribution in [0.25, 0.3) is 0 Å². The molecule has 2 aromatic carbocycles. The van der Waals surface area contributed by atoms with Gasteiger partial charge in [0.15, 0.2) is 11.5 Å². The van der Waals surface area contributed by atoms with E-state index in [1.807, 2.05) is 60.7 Å². The fourth-order valence-corrected chi connectivity index (χ4v) is 4.12. The molecule has 0 bridgehead atoms. The molecule has 0 spiro atoms. The first-order valence-electron chi connectivity index (χ1n) is 12.2. The zero-order valence-corrected chi connectivity index (χ0v) is 20.2. The predicted molar refractivity (Wildman–Crippen MR) is 135 cm³/mol. The zero-order valence-electron chi connectivity index (χ0n) is 20.2. The lowest BCUT2D eigenvalue weighted by Gasteiger charge is -2.23. The van der Waals surface area contributed by atoms with E-state index >= 15 is 0 Å². The molecule has 35 heavy (non-hydrogen) atoms. The molecular formula is C28H33N3O4. The van der Waals surface area contributed by atoms with E-state index in [4.69, 9.17) is 14.2 Å². The van der Waals surface area contributed by atoms with Crippen molar-refractivity contribution < 1.29 is 19.0 Å². The number of aromatic nitrogens is 1. The lowest BCUT2D eigenvalue weighted by Crippen LogP contribution is -2.37. The fraction of sp³-hybridized carbons (Fsp3) is 0.357. The van der Waals surface area contributed by atoms with Gasteiger partial charge in [0.05, 0.1) is 20.3 Å². The smallest absolute Gasteiger partial charge is 0.234 e. The van der Waals surface area contributed by atoms with E-state index in [1.54, 1.807) is 13.3 Å². The van der Waals surface area contributed by atoms with Crippen LogP contribution in [0.1, 0.15) is 36.8 Å². The summed E-state index contributed by atoms with van der Waals surface area (Å²) in [4.78, 5) is 19.5. The Morgan fingerprint density at radius 3 is 2.69 bits per heavy atom. The average molecular weight is 476 g/mol. The molecule has 7 nitrogen and oxygen atoms in total. The monoisotopic (exact) mass is 475 g/mol. The highest BCUT2D eigenvalue weighted by Gasteiger charge is 2.17. The summed E-state index contributed by atoms with van der Waals surface area (Å²) in [6.45, 7) is 2.74. The predicted octanol–water partition coefficient (Wildman–Crippen LogP) is 4.95. The first kappa shape index (κ1) is 24.5. The second kappa shape index (κ2) is 12.8. The number of nitrogens with one attached hydrogen (secondary N) is 1. The van der Waals surface area contributed by atoms with Crippen molar-refractivity contribution >= 4 is 5.91 Å². The highest BCUT2D eigenvalue weighted by molar-refractivity contribution is 5.78. The van der Waals surface area contributed by atoms with Gasteiger partial charge >= 0.3 is 0 Å². The maximum absolute atomic E-state index is 12.9. The number of fused-ring (bicyclic) bond motifs is 2. The fourth-order valence-electron chi connectivity index (χ4n) is 4.12. The minimum Gasteiger partial charge on any atom is -0.496 e. The molecule has 1 aliphatic heterocycles. The van der Waals surface area contributed by atoms with Crippen LogP contribution >= 0.6 is 0 Å². The third-order valence-electron chi connectivity index (χ3n) is 5.96. The Kier molecular flexibility index (Phi) is 8.95. The van der Waals surface area contributed by atoms with E-state index in [1.165, 1.54) is 0 Å². The van der Waals surface area contributed by atoms with Crippen LogP contribution in [0.5, 0.6) is 23.1 Å². The summed E-state index contributed by atoms with van der Waals surface area (Å²) < 4.78 is 17.6. The second-order valence-corrected chi connectivity index (χ2v) is 8.58. The summed E-state index contributed by atoms with van der Waals surface area (Å²) in [7, 11) is 1.64. The number of benzene rings is 2. The summed E-state index contributed by atoms with van der Waals surface area (Å²) >= 11 is 0. The number of nitrogens with zero attached hydrogens (tertiary/aromatic N) is 2. The highest BCUT2D eigenvalue weighted by Crippen LogP contribution is 2.32. The molecule has 3 aromatic rings. The molecule has 0 atom stereocenters. The van der Waals surface area contributed by atoms with Crippen molar-refractivity contribution in [3.63, 3.8) is 0 Å². The number of carbonyl (C=O) groups is 1. The normalized spacial score (nSPS) is 14.9. The summed E-state index contributed by atoms with van der Waals surface area (Å²) in [6, 6.07) is 19.3. The number of methoxy groups -OCH3 is 1. The summed E-state index contributed by atoms with van der Waals surface area (Å²) in [6.07, 6.45) is 5.86. The molecule has 0 saturated heterocycles. The van der Waals surface area contributed by atoms with Crippen molar-refractivity contribution in [3.05, 3.63) is 78.0 Å². The zero-order chi connectivity index (χ0) is 24.3. The molecule has 1 aromatic heterocycles.